The number of amides is 1. The van der Waals surface area contributed by atoms with E-state index in [1.54, 1.807) is 30.1 Å². The van der Waals surface area contributed by atoms with Gasteiger partial charge in [0.25, 0.3) is 0 Å². The maximum atomic E-state index is 12.2. The summed E-state index contributed by atoms with van der Waals surface area (Å²) in [6.45, 7) is 0.483. The number of carbonyl (C=O) groups is 1. The third-order valence-corrected chi connectivity index (χ3v) is 3.21. The molecule has 0 aliphatic carbocycles. The van der Waals surface area contributed by atoms with Crippen molar-refractivity contribution in [1.82, 2.24) is 4.90 Å². The van der Waals surface area contributed by atoms with Crippen molar-refractivity contribution in [2.75, 3.05) is 12.8 Å². The lowest BCUT2D eigenvalue weighted by Crippen LogP contribution is -2.27. The molecule has 0 saturated carbocycles. The molecule has 0 saturated heterocycles. The predicted octanol–water partition coefficient (Wildman–Crippen LogP) is 2.34. The normalized spacial score (nSPS) is 9.90. The quantitative estimate of drug-likeness (QED) is 0.873. The summed E-state index contributed by atoms with van der Waals surface area (Å²) in [7, 11) is 1.76. The van der Waals surface area contributed by atoms with Crippen molar-refractivity contribution in [2.45, 2.75) is 13.0 Å². The Morgan fingerprint density at radius 3 is 2.62 bits per heavy atom. The molecule has 0 radical (unpaired) electrons. The lowest BCUT2D eigenvalue weighted by molar-refractivity contribution is -0.129. The number of carbonyl (C=O) groups excluding carboxylic acids is 1. The molecule has 0 spiro atoms. The van der Waals surface area contributed by atoms with Gasteiger partial charge in [0.2, 0.25) is 5.91 Å². The molecule has 0 aliphatic rings. The van der Waals surface area contributed by atoms with Crippen LogP contribution in [0, 0.1) is 11.3 Å². The number of hydrogen-bond donors (Lipinski definition) is 1. The topological polar surface area (TPSA) is 70.1 Å². The molecule has 0 heterocycles. The summed E-state index contributed by atoms with van der Waals surface area (Å²) in [5.41, 5.74) is 8.81. The van der Waals surface area contributed by atoms with E-state index in [4.69, 9.17) is 11.0 Å². The molecule has 4 nitrogen and oxygen atoms in total. The summed E-state index contributed by atoms with van der Waals surface area (Å²) in [5, 5.41) is 8.88. The summed E-state index contributed by atoms with van der Waals surface area (Å²) in [6, 6.07) is 16.7. The molecule has 2 rings (SSSR count). The number of hydrogen-bond acceptors (Lipinski definition) is 3. The molecule has 0 fully saturated rings. The number of rotatable bonds is 4. The van der Waals surface area contributed by atoms with E-state index < -0.39 is 0 Å². The van der Waals surface area contributed by atoms with Crippen LogP contribution in [0.2, 0.25) is 0 Å². The van der Waals surface area contributed by atoms with Crippen molar-refractivity contribution in [3.8, 4) is 6.07 Å². The van der Waals surface area contributed by atoms with E-state index in [1.165, 1.54) is 0 Å². The zero-order valence-corrected chi connectivity index (χ0v) is 11.9. The highest BCUT2D eigenvalue weighted by Crippen LogP contribution is 2.11. The summed E-state index contributed by atoms with van der Waals surface area (Å²) in [5.74, 6) is 0.0166. The largest absolute Gasteiger partial charge is 0.399 e. The SMILES string of the molecule is CN(Cc1cccc(C#N)c1)C(=O)Cc1cccc(N)c1. The third-order valence-electron chi connectivity index (χ3n) is 3.21. The Morgan fingerprint density at radius 2 is 1.90 bits per heavy atom. The first-order chi connectivity index (χ1) is 10.1. The number of nitrogens with two attached hydrogens (primary N) is 1. The molecule has 2 N–H and O–H groups in total. The molecule has 4 heteroatoms. The van der Waals surface area contributed by atoms with Crippen LogP contribution in [-0.2, 0) is 17.8 Å². The number of likely N-dealkylation sites (N-methyl/N-ethyl adjacent to an activating group) is 1. The minimum absolute atomic E-state index is 0.0166. The number of anilines is 1. The van der Waals surface area contributed by atoms with Crippen molar-refractivity contribution in [1.29, 1.82) is 5.26 Å². The molecular weight excluding hydrogens is 262 g/mol. The Kier molecular flexibility index (Phi) is 4.57. The van der Waals surface area contributed by atoms with Crippen molar-refractivity contribution >= 4 is 11.6 Å². The second-order valence-corrected chi connectivity index (χ2v) is 4.98. The van der Waals surface area contributed by atoms with Crippen LogP contribution in [-0.4, -0.2) is 17.9 Å². The average molecular weight is 279 g/mol. The number of nitrogens with zero attached hydrogens (tertiary/aromatic N) is 2. The van der Waals surface area contributed by atoms with Crippen LogP contribution in [0.5, 0.6) is 0 Å². The van der Waals surface area contributed by atoms with E-state index >= 15 is 0 Å². The van der Waals surface area contributed by atoms with Gasteiger partial charge in [0.1, 0.15) is 0 Å². The number of benzene rings is 2. The molecule has 21 heavy (non-hydrogen) atoms. The van der Waals surface area contributed by atoms with Crippen LogP contribution in [0.4, 0.5) is 5.69 Å². The Bertz CT molecular complexity index is 688. The van der Waals surface area contributed by atoms with E-state index in [2.05, 4.69) is 6.07 Å². The van der Waals surface area contributed by atoms with E-state index in [0.29, 0.717) is 24.2 Å². The zero-order valence-electron chi connectivity index (χ0n) is 11.9. The molecule has 0 unspecified atom stereocenters. The maximum Gasteiger partial charge on any atom is 0.227 e. The fourth-order valence-electron chi connectivity index (χ4n) is 2.11. The second-order valence-electron chi connectivity index (χ2n) is 4.98. The minimum atomic E-state index is 0.0166. The van der Waals surface area contributed by atoms with Gasteiger partial charge in [0, 0.05) is 19.3 Å². The van der Waals surface area contributed by atoms with Gasteiger partial charge in [-0.25, -0.2) is 0 Å². The fourth-order valence-corrected chi connectivity index (χ4v) is 2.11. The fraction of sp³-hybridized carbons (Fsp3) is 0.176. The molecule has 2 aromatic carbocycles. The first-order valence-electron chi connectivity index (χ1n) is 6.66. The second kappa shape index (κ2) is 6.58. The van der Waals surface area contributed by atoms with Crippen molar-refractivity contribution in [3.63, 3.8) is 0 Å². The van der Waals surface area contributed by atoms with Crippen LogP contribution in [0.3, 0.4) is 0 Å². The van der Waals surface area contributed by atoms with Crippen molar-refractivity contribution in [3.05, 3.63) is 65.2 Å². The molecule has 0 aliphatic heterocycles. The van der Waals surface area contributed by atoms with E-state index in [1.807, 2.05) is 30.3 Å². The molecule has 0 bridgehead atoms. The number of nitriles is 1. The van der Waals surface area contributed by atoms with Gasteiger partial charge in [0.15, 0.2) is 0 Å². The van der Waals surface area contributed by atoms with Gasteiger partial charge in [-0.05, 0) is 35.4 Å². The molecule has 106 valence electrons. The standard InChI is InChI=1S/C17H17N3O/c1-20(12-15-6-2-5-14(8-15)11-18)17(21)10-13-4-3-7-16(19)9-13/h2-9H,10,12,19H2,1H3. The lowest BCUT2D eigenvalue weighted by atomic mass is 10.1. The van der Waals surface area contributed by atoms with Crippen LogP contribution < -0.4 is 5.73 Å². The highest BCUT2D eigenvalue weighted by Gasteiger charge is 2.10. The highest BCUT2D eigenvalue weighted by atomic mass is 16.2. The average Bonchev–Trinajstić information content (AvgIpc) is 2.47. The monoisotopic (exact) mass is 279 g/mol. The van der Waals surface area contributed by atoms with Crippen LogP contribution in [0.25, 0.3) is 0 Å². The molecule has 1 amide bonds. The van der Waals surface area contributed by atoms with Gasteiger partial charge in [-0.2, -0.15) is 5.26 Å². The number of nitrogen functional groups attached to an aromatic ring is 1. The Hall–Kier alpha value is -2.80. The first kappa shape index (κ1) is 14.6. The molecule has 2 aromatic rings. The zero-order chi connectivity index (χ0) is 15.2. The van der Waals surface area contributed by atoms with E-state index in [9.17, 15) is 4.79 Å². The molecule has 0 aromatic heterocycles. The van der Waals surface area contributed by atoms with Gasteiger partial charge in [0.05, 0.1) is 18.1 Å². The molecule has 0 atom stereocenters. The third kappa shape index (κ3) is 4.08. The van der Waals surface area contributed by atoms with Gasteiger partial charge >= 0.3 is 0 Å². The minimum Gasteiger partial charge on any atom is -0.399 e. The predicted molar refractivity (Wildman–Crippen MR) is 82.2 cm³/mol. The smallest absolute Gasteiger partial charge is 0.227 e. The van der Waals surface area contributed by atoms with Gasteiger partial charge in [-0.15, -0.1) is 0 Å². The van der Waals surface area contributed by atoms with E-state index in [-0.39, 0.29) is 5.91 Å². The lowest BCUT2D eigenvalue weighted by Gasteiger charge is -2.17. The van der Waals surface area contributed by atoms with Crippen molar-refractivity contribution in [2.24, 2.45) is 0 Å². The summed E-state index contributed by atoms with van der Waals surface area (Å²) in [4.78, 5) is 13.9. The molecular formula is C17H17N3O. The van der Waals surface area contributed by atoms with Crippen LogP contribution >= 0.6 is 0 Å². The van der Waals surface area contributed by atoms with Crippen LogP contribution in [0.15, 0.2) is 48.5 Å². The summed E-state index contributed by atoms with van der Waals surface area (Å²) in [6.07, 6.45) is 0.319. The highest BCUT2D eigenvalue weighted by molar-refractivity contribution is 5.78. The summed E-state index contributed by atoms with van der Waals surface area (Å²) < 4.78 is 0. The summed E-state index contributed by atoms with van der Waals surface area (Å²) >= 11 is 0. The van der Waals surface area contributed by atoms with Crippen LogP contribution in [0.1, 0.15) is 16.7 Å². The van der Waals surface area contributed by atoms with Crippen molar-refractivity contribution < 1.29 is 4.79 Å². The van der Waals surface area contributed by atoms with Gasteiger partial charge in [-0.3, -0.25) is 4.79 Å². The maximum absolute atomic E-state index is 12.2. The Labute approximate surface area is 124 Å². The van der Waals surface area contributed by atoms with Gasteiger partial charge < -0.3 is 10.6 Å². The van der Waals surface area contributed by atoms with E-state index in [0.717, 1.165) is 11.1 Å². The first-order valence-corrected chi connectivity index (χ1v) is 6.66. The van der Waals surface area contributed by atoms with Gasteiger partial charge in [-0.1, -0.05) is 24.3 Å². The Morgan fingerprint density at radius 1 is 1.19 bits per heavy atom. The Balaban J connectivity index is 2.01.